The summed E-state index contributed by atoms with van der Waals surface area (Å²) in [5.74, 6) is 0. The Morgan fingerprint density at radius 2 is 1.70 bits per heavy atom. The van der Waals surface area contributed by atoms with Gasteiger partial charge in [0.05, 0.1) is 21.8 Å². The minimum absolute atomic E-state index is 0.273. The van der Waals surface area contributed by atoms with Crippen molar-refractivity contribution in [2.75, 3.05) is 0 Å². The summed E-state index contributed by atoms with van der Waals surface area (Å²) in [6.07, 6.45) is -2.52. The Balaban J connectivity index is 5.07. The van der Waals surface area contributed by atoms with Crippen molar-refractivity contribution in [3.8, 4) is 6.07 Å². The van der Waals surface area contributed by atoms with Gasteiger partial charge in [-0.15, -0.1) is 0 Å². The van der Waals surface area contributed by atoms with Crippen molar-refractivity contribution in [3.63, 3.8) is 0 Å². The van der Waals surface area contributed by atoms with Crippen LogP contribution in [0.1, 0.15) is 59.8 Å². The van der Waals surface area contributed by atoms with Crippen LogP contribution in [0.15, 0.2) is 0 Å². The fourth-order valence-electron chi connectivity index (χ4n) is 1.52. The largest absolute Gasteiger partial charge is 0.420 e. The molecule has 20 heavy (non-hydrogen) atoms. The molecule has 1 N–H and O–H groups in total. The summed E-state index contributed by atoms with van der Waals surface area (Å²) in [7, 11) is -1.95. The van der Waals surface area contributed by atoms with Crippen LogP contribution < -0.4 is 4.72 Å². The van der Waals surface area contributed by atoms with Crippen molar-refractivity contribution in [3.05, 3.63) is 0 Å². The van der Waals surface area contributed by atoms with E-state index in [-0.39, 0.29) is 12.8 Å². The third kappa shape index (κ3) is 5.41. The number of hydrogen-bond acceptors (Lipinski definition) is 2. The van der Waals surface area contributed by atoms with E-state index in [0.29, 0.717) is 6.42 Å². The molecule has 0 aromatic heterocycles. The molecular weight excluding hydrogens is 289 g/mol. The highest BCUT2D eigenvalue weighted by atomic mass is 32.2. The van der Waals surface area contributed by atoms with Crippen LogP contribution in [0.2, 0.25) is 0 Å². The Labute approximate surface area is 121 Å². The highest BCUT2D eigenvalue weighted by molar-refractivity contribution is 7.84. The van der Waals surface area contributed by atoms with Gasteiger partial charge < -0.3 is 0 Å². The van der Waals surface area contributed by atoms with Crippen LogP contribution in [0.3, 0.4) is 0 Å². The lowest BCUT2D eigenvalue weighted by Crippen LogP contribution is -2.58. The van der Waals surface area contributed by atoms with Crippen molar-refractivity contribution in [2.24, 2.45) is 0 Å². The molecule has 7 heteroatoms. The molecule has 0 saturated carbocycles. The Bertz CT molecular complexity index is 371. The molecule has 0 spiro atoms. The number of unbranched alkanes of at least 4 members (excludes halogenated alkanes) is 3. The maximum Gasteiger partial charge on any atom is 0.420 e. The smallest absolute Gasteiger partial charge is 0.242 e. The minimum atomic E-state index is -4.76. The predicted molar refractivity (Wildman–Crippen MR) is 74.2 cm³/mol. The molecule has 0 aromatic carbocycles. The first-order valence-electron chi connectivity index (χ1n) is 6.68. The van der Waals surface area contributed by atoms with E-state index in [0.717, 1.165) is 12.8 Å². The van der Waals surface area contributed by atoms with Crippen LogP contribution in [0, 0.1) is 11.3 Å². The number of nitrogens with one attached hydrogen (secondary N) is 1. The third-order valence-electron chi connectivity index (χ3n) is 2.90. The normalized spacial score (nSPS) is 17.3. The van der Waals surface area contributed by atoms with E-state index in [9.17, 15) is 17.4 Å². The number of rotatable bonds is 7. The van der Waals surface area contributed by atoms with E-state index in [2.05, 4.69) is 0 Å². The molecule has 0 aliphatic rings. The summed E-state index contributed by atoms with van der Waals surface area (Å²) in [6.45, 7) is 6.64. The van der Waals surface area contributed by atoms with Crippen LogP contribution in [-0.2, 0) is 11.0 Å². The van der Waals surface area contributed by atoms with Crippen LogP contribution in [0.4, 0.5) is 13.2 Å². The van der Waals surface area contributed by atoms with Gasteiger partial charge in [-0.05, 0) is 27.2 Å². The molecule has 0 amide bonds. The number of hydrogen-bond donors (Lipinski definition) is 1. The van der Waals surface area contributed by atoms with E-state index in [1.807, 2.05) is 11.6 Å². The summed E-state index contributed by atoms with van der Waals surface area (Å²) in [5.41, 5.74) is -2.74. The Kier molecular flexibility index (Phi) is 7.19. The topological polar surface area (TPSA) is 52.9 Å². The Morgan fingerprint density at radius 1 is 1.15 bits per heavy atom. The fourth-order valence-corrected chi connectivity index (χ4v) is 2.41. The summed E-state index contributed by atoms with van der Waals surface area (Å²) in [6, 6.07) is 1.31. The average Bonchev–Trinajstić information content (AvgIpc) is 2.30. The summed E-state index contributed by atoms with van der Waals surface area (Å²) in [5, 5.41) is 9.02. The van der Waals surface area contributed by atoms with Gasteiger partial charge in [-0.2, -0.15) is 18.4 Å². The highest BCUT2D eigenvalue weighted by Gasteiger charge is 2.56. The lowest BCUT2D eigenvalue weighted by atomic mass is 9.94. The SMILES string of the molecule is CCCCCC[C@@](C#N)(NS(=O)C(C)(C)C)C(F)(F)F. The van der Waals surface area contributed by atoms with E-state index in [1.165, 1.54) is 6.07 Å². The number of alkyl halides is 3. The first-order chi connectivity index (χ1) is 9.00. The number of halogens is 3. The molecule has 3 nitrogen and oxygen atoms in total. The van der Waals surface area contributed by atoms with Crippen LogP contribution in [0.5, 0.6) is 0 Å². The molecule has 2 atom stereocenters. The maximum atomic E-state index is 13.2. The number of nitriles is 1. The second kappa shape index (κ2) is 7.41. The second-order valence-corrected chi connectivity index (χ2v) is 7.78. The van der Waals surface area contributed by atoms with Gasteiger partial charge in [0.1, 0.15) is 0 Å². The lowest BCUT2D eigenvalue weighted by Gasteiger charge is -2.32. The van der Waals surface area contributed by atoms with E-state index >= 15 is 0 Å². The average molecular weight is 312 g/mol. The molecule has 0 aromatic rings. The second-order valence-electron chi connectivity index (χ2n) is 5.81. The third-order valence-corrected chi connectivity index (χ3v) is 4.55. The fraction of sp³-hybridized carbons (Fsp3) is 0.923. The van der Waals surface area contributed by atoms with Crippen LogP contribution >= 0.6 is 0 Å². The molecule has 118 valence electrons. The van der Waals surface area contributed by atoms with Gasteiger partial charge in [0.15, 0.2) is 0 Å². The van der Waals surface area contributed by atoms with E-state index in [1.54, 1.807) is 20.8 Å². The molecule has 0 aliphatic heterocycles. The Morgan fingerprint density at radius 3 is 2.05 bits per heavy atom. The zero-order chi connectivity index (χ0) is 16.0. The Hall–Kier alpha value is -0.610. The number of nitrogens with zero attached hydrogens (tertiary/aromatic N) is 1. The first-order valence-corrected chi connectivity index (χ1v) is 7.83. The highest BCUT2D eigenvalue weighted by Crippen LogP contribution is 2.35. The minimum Gasteiger partial charge on any atom is -0.242 e. The van der Waals surface area contributed by atoms with Crippen molar-refractivity contribution < 1.29 is 17.4 Å². The monoisotopic (exact) mass is 312 g/mol. The molecule has 0 bridgehead atoms. The summed E-state index contributed by atoms with van der Waals surface area (Å²) >= 11 is 0. The van der Waals surface area contributed by atoms with E-state index < -0.39 is 27.4 Å². The standard InChI is InChI=1S/C13H23F3N2OS/c1-5-6-7-8-9-12(10-17,13(14,15)16)18-20(19)11(2,3)4/h18H,5-9H2,1-4H3/t12-,20?/m0/s1. The molecule has 1 unspecified atom stereocenters. The van der Waals surface area contributed by atoms with Gasteiger partial charge in [0.25, 0.3) is 0 Å². The lowest BCUT2D eigenvalue weighted by molar-refractivity contribution is -0.175. The predicted octanol–water partition coefficient (Wildman–Crippen LogP) is 3.83. The van der Waals surface area contributed by atoms with Gasteiger partial charge in [0.2, 0.25) is 5.54 Å². The molecule has 0 aliphatic carbocycles. The first kappa shape index (κ1) is 19.4. The molecule has 0 rings (SSSR count). The summed E-state index contributed by atoms with van der Waals surface area (Å²) < 4.78 is 52.7. The van der Waals surface area contributed by atoms with Crippen molar-refractivity contribution in [1.29, 1.82) is 5.26 Å². The summed E-state index contributed by atoms with van der Waals surface area (Å²) in [4.78, 5) is 0. The van der Waals surface area contributed by atoms with Crippen molar-refractivity contribution >= 4 is 11.0 Å². The van der Waals surface area contributed by atoms with Crippen LogP contribution in [0.25, 0.3) is 0 Å². The van der Waals surface area contributed by atoms with Gasteiger partial charge in [0, 0.05) is 0 Å². The molecule has 0 fully saturated rings. The van der Waals surface area contributed by atoms with Gasteiger partial charge >= 0.3 is 6.18 Å². The zero-order valence-electron chi connectivity index (χ0n) is 12.4. The zero-order valence-corrected chi connectivity index (χ0v) is 13.2. The van der Waals surface area contributed by atoms with Crippen LogP contribution in [-0.4, -0.2) is 20.7 Å². The quantitative estimate of drug-likeness (QED) is 0.726. The maximum absolute atomic E-state index is 13.2. The van der Waals surface area contributed by atoms with Gasteiger partial charge in [-0.3, -0.25) is 0 Å². The molecule has 0 heterocycles. The van der Waals surface area contributed by atoms with Crippen molar-refractivity contribution in [1.82, 2.24) is 4.72 Å². The van der Waals surface area contributed by atoms with Gasteiger partial charge in [-0.1, -0.05) is 32.6 Å². The van der Waals surface area contributed by atoms with Crippen molar-refractivity contribution in [2.45, 2.75) is 76.3 Å². The van der Waals surface area contributed by atoms with Gasteiger partial charge in [-0.25, -0.2) is 8.93 Å². The van der Waals surface area contributed by atoms with E-state index in [4.69, 9.17) is 5.26 Å². The molecular formula is C13H23F3N2OS. The molecule has 0 saturated heterocycles. The molecule has 0 radical (unpaired) electrons.